The average molecular weight is 231 g/mol. The highest BCUT2D eigenvalue weighted by Gasteiger charge is 1.99. The van der Waals surface area contributed by atoms with Crippen LogP contribution >= 0.6 is 11.8 Å². The summed E-state index contributed by atoms with van der Waals surface area (Å²) in [5.74, 6) is 0.285. The summed E-state index contributed by atoms with van der Waals surface area (Å²) in [6, 6.07) is 13.1. The number of hydrogen-bond acceptors (Lipinski definition) is 3. The zero-order chi connectivity index (χ0) is 11.5. The molecule has 0 spiro atoms. The summed E-state index contributed by atoms with van der Waals surface area (Å²) in [5.41, 5.74) is 7.72. The van der Waals surface area contributed by atoms with E-state index in [0.717, 1.165) is 21.0 Å². The molecule has 0 aliphatic carbocycles. The third kappa shape index (κ3) is 2.70. The number of phenolic OH excluding ortho intramolecular Hbond substituents is 1. The molecule has 0 aromatic heterocycles. The average Bonchev–Trinajstić information content (AvgIpc) is 2.20. The Balaban J connectivity index is 2.23. The maximum absolute atomic E-state index is 9.18. The zero-order valence-electron chi connectivity index (χ0n) is 8.97. The number of hydrogen-bond donors (Lipinski definition) is 2. The maximum atomic E-state index is 9.18. The smallest absolute Gasteiger partial charge is 0.115 e. The number of anilines is 1. The summed E-state index contributed by atoms with van der Waals surface area (Å²) >= 11 is 1.63. The van der Waals surface area contributed by atoms with Gasteiger partial charge >= 0.3 is 0 Å². The second-order valence-electron chi connectivity index (χ2n) is 3.68. The minimum absolute atomic E-state index is 0.285. The Morgan fingerprint density at radius 2 is 1.69 bits per heavy atom. The third-order valence-electron chi connectivity index (χ3n) is 2.15. The molecule has 0 saturated heterocycles. The fraction of sp³-hybridized carbons (Fsp3) is 0.0769. The lowest BCUT2D eigenvalue weighted by molar-refractivity contribution is 0.475. The molecule has 2 aromatic carbocycles. The van der Waals surface area contributed by atoms with E-state index in [1.165, 1.54) is 0 Å². The molecule has 16 heavy (non-hydrogen) atoms. The molecule has 2 rings (SSSR count). The van der Waals surface area contributed by atoms with Crippen LogP contribution in [0.1, 0.15) is 5.56 Å². The molecule has 82 valence electrons. The van der Waals surface area contributed by atoms with Crippen molar-refractivity contribution < 1.29 is 5.11 Å². The summed E-state index contributed by atoms with van der Waals surface area (Å²) in [5, 5.41) is 9.18. The van der Waals surface area contributed by atoms with Crippen molar-refractivity contribution in [2.75, 3.05) is 5.73 Å². The molecule has 0 unspecified atom stereocenters. The van der Waals surface area contributed by atoms with Crippen LogP contribution in [-0.4, -0.2) is 5.11 Å². The van der Waals surface area contributed by atoms with Crippen molar-refractivity contribution >= 4 is 17.4 Å². The molecule has 3 heteroatoms. The lowest BCUT2D eigenvalue weighted by Gasteiger charge is -2.04. The Morgan fingerprint density at radius 1 is 1.00 bits per heavy atom. The van der Waals surface area contributed by atoms with Crippen molar-refractivity contribution in [3.63, 3.8) is 0 Å². The predicted molar refractivity (Wildman–Crippen MR) is 67.8 cm³/mol. The number of phenols is 1. The first-order valence-corrected chi connectivity index (χ1v) is 5.79. The molecule has 0 atom stereocenters. The van der Waals surface area contributed by atoms with Gasteiger partial charge in [-0.25, -0.2) is 0 Å². The third-order valence-corrected chi connectivity index (χ3v) is 3.12. The Labute approximate surface area is 99.1 Å². The van der Waals surface area contributed by atoms with Crippen molar-refractivity contribution in [2.45, 2.75) is 16.7 Å². The normalized spacial score (nSPS) is 10.3. The highest BCUT2D eigenvalue weighted by Crippen LogP contribution is 2.30. The molecule has 0 aliphatic heterocycles. The monoisotopic (exact) mass is 231 g/mol. The van der Waals surface area contributed by atoms with E-state index in [1.807, 2.05) is 31.2 Å². The number of nitrogen functional groups attached to an aromatic ring is 1. The molecule has 0 fully saturated rings. The van der Waals surface area contributed by atoms with Crippen LogP contribution in [0.4, 0.5) is 5.69 Å². The van der Waals surface area contributed by atoms with Crippen molar-refractivity contribution in [1.82, 2.24) is 0 Å². The van der Waals surface area contributed by atoms with E-state index in [4.69, 9.17) is 5.73 Å². The Morgan fingerprint density at radius 3 is 2.31 bits per heavy atom. The summed E-state index contributed by atoms with van der Waals surface area (Å²) < 4.78 is 0. The van der Waals surface area contributed by atoms with Crippen LogP contribution in [0.25, 0.3) is 0 Å². The highest BCUT2D eigenvalue weighted by molar-refractivity contribution is 7.99. The maximum Gasteiger partial charge on any atom is 0.115 e. The van der Waals surface area contributed by atoms with Gasteiger partial charge in [-0.05, 0) is 55.0 Å². The van der Waals surface area contributed by atoms with E-state index >= 15 is 0 Å². The van der Waals surface area contributed by atoms with Gasteiger partial charge in [0.15, 0.2) is 0 Å². The quantitative estimate of drug-likeness (QED) is 0.778. The van der Waals surface area contributed by atoms with Gasteiger partial charge in [0.2, 0.25) is 0 Å². The minimum Gasteiger partial charge on any atom is -0.508 e. The highest BCUT2D eigenvalue weighted by atomic mass is 32.2. The zero-order valence-corrected chi connectivity index (χ0v) is 9.79. The van der Waals surface area contributed by atoms with Crippen LogP contribution in [0.5, 0.6) is 5.75 Å². The first-order valence-electron chi connectivity index (χ1n) is 4.97. The van der Waals surface area contributed by atoms with E-state index < -0.39 is 0 Å². The molecule has 0 heterocycles. The Bertz CT molecular complexity index is 474. The second kappa shape index (κ2) is 4.49. The fourth-order valence-corrected chi connectivity index (χ4v) is 2.47. The molecular formula is C13H13NOS. The van der Waals surface area contributed by atoms with E-state index in [2.05, 4.69) is 6.07 Å². The number of aromatic hydroxyl groups is 1. The van der Waals surface area contributed by atoms with Crippen molar-refractivity contribution in [3.8, 4) is 5.75 Å². The molecule has 0 aliphatic rings. The topological polar surface area (TPSA) is 46.2 Å². The summed E-state index contributed by atoms with van der Waals surface area (Å²) in [7, 11) is 0. The van der Waals surface area contributed by atoms with Crippen LogP contribution in [0.3, 0.4) is 0 Å². The molecule has 2 nitrogen and oxygen atoms in total. The molecule has 3 N–H and O–H groups in total. The lowest BCUT2D eigenvalue weighted by Crippen LogP contribution is -1.86. The Hall–Kier alpha value is -1.61. The van der Waals surface area contributed by atoms with E-state index in [1.54, 1.807) is 23.9 Å². The van der Waals surface area contributed by atoms with Crippen LogP contribution in [0.15, 0.2) is 52.3 Å². The van der Waals surface area contributed by atoms with Gasteiger partial charge in [0.05, 0.1) is 0 Å². The standard InChI is InChI=1S/C13H13NOS/c1-9-6-10(14)8-13(7-9)16-12-4-2-11(15)3-5-12/h2-8,15H,14H2,1H3. The number of rotatable bonds is 2. The molecule has 0 bridgehead atoms. The van der Waals surface area contributed by atoms with Crippen LogP contribution in [0, 0.1) is 6.92 Å². The van der Waals surface area contributed by atoms with Gasteiger partial charge in [0, 0.05) is 15.5 Å². The van der Waals surface area contributed by atoms with Gasteiger partial charge in [-0.3, -0.25) is 0 Å². The Kier molecular flexibility index (Phi) is 3.06. The molecule has 2 aromatic rings. The summed E-state index contributed by atoms with van der Waals surface area (Å²) in [4.78, 5) is 2.20. The summed E-state index contributed by atoms with van der Waals surface area (Å²) in [6.07, 6.45) is 0. The molecular weight excluding hydrogens is 218 g/mol. The van der Waals surface area contributed by atoms with Gasteiger partial charge in [-0.15, -0.1) is 0 Å². The number of aryl methyl sites for hydroxylation is 1. The van der Waals surface area contributed by atoms with Gasteiger partial charge < -0.3 is 10.8 Å². The fourth-order valence-electron chi connectivity index (χ4n) is 1.49. The van der Waals surface area contributed by atoms with E-state index in [0.29, 0.717) is 0 Å². The van der Waals surface area contributed by atoms with Crippen LogP contribution < -0.4 is 5.73 Å². The second-order valence-corrected chi connectivity index (χ2v) is 4.82. The molecule has 0 amide bonds. The van der Waals surface area contributed by atoms with E-state index in [9.17, 15) is 5.11 Å². The van der Waals surface area contributed by atoms with Crippen LogP contribution in [-0.2, 0) is 0 Å². The minimum atomic E-state index is 0.285. The van der Waals surface area contributed by atoms with Gasteiger partial charge in [-0.2, -0.15) is 0 Å². The number of benzene rings is 2. The molecule has 0 saturated carbocycles. The first-order chi connectivity index (χ1) is 7.63. The van der Waals surface area contributed by atoms with Gasteiger partial charge in [-0.1, -0.05) is 11.8 Å². The lowest BCUT2D eigenvalue weighted by atomic mass is 10.2. The van der Waals surface area contributed by atoms with E-state index in [-0.39, 0.29) is 5.75 Å². The van der Waals surface area contributed by atoms with Crippen LogP contribution in [0.2, 0.25) is 0 Å². The first kappa shape index (κ1) is 10.9. The van der Waals surface area contributed by atoms with Crippen molar-refractivity contribution in [1.29, 1.82) is 0 Å². The van der Waals surface area contributed by atoms with Crippen molar-refractivity contribution in [2.24, 2.45) is 0 Å². The largest absolute Gasteiger partial charge is 0.508 e. The number of nitrogens with two attached hydrogens (primary N) is 1. The van der Waals surface area contributed by atoms with Gasteiger partial charge in [0.25, 0.3) is 0 Å². The molecule has 0 radical (unpaired) electrons. The SMILES string of the molecule is Cc1cc(N)cc(Sc2ccc(O)cc2)c1. The van der Waals surface area contributed by atoms with Crippen molar-refractivity contribution in [3.05, 3.63) is 48.0 Å². The summed E-state index contributed by atoms with van der Waals surface area (Å²) in [6.45, 7) is 2.03. The predicted octanol–water partition coefficient (Wildman–Crippen LogP) is 3.43. The van der Waals surface area contributed by atoms with Gasteiger partial charge in [0.1, 0.15) is 5.75 Å².